The molecule has 0 aliphatic heterocycles. The van der Waals surface area contributed by atoms with Crippen LogP contribution in [0.4, 0.5) is 18.9 Å². The van der Waals surface area contributed by atoms with Crippen LogP contribution in [-0.4, -0.2) is 21.6 Å². The number of aromatic amines is 1. The molecule has 140 valence electrons. The standard InChI is InChI=1S/C18H14F3N3O2S/c19-10-3-5-12(6-4-10)22-15(25)2-1-7-27-18-23-14-9-11(20)8-13(21)16(14)17(26)24-18/h3-6,8-9H,1-2,7H2,(H,22,25)(H,23,24,26). The van der Waals surface area contributed by atoms with Crippen molar-refractivity contribution in [1.29, 1.82) is 0 Å². The van der Waals surface area contributed by atoms with Gasteiger partial charge in [0.2, 0.25) is 5.91 Å². The summed E-state index contributed by atoms with van der Waals surface area (Å²) in [5.41, 5.74) is -0.250. The Balaban J connectivity index is 1.55. The highest BCUT2D eigenvalue weighted by Crippen LogP contribution is 2.19. The molecule has 0 saturated heterocycles. The SMILES string of the molecule is O=C(CCCSc1nc2cc(F)cc(F)c2c(=O)[nH]1)Nc1ccc(F)cc1. The summed E-state index contributed by atoms with van der Waals surface area (Å²) in [6.07, 6.45) is 0.697. The quantitative estimate of drug-likeness (QED) is 0.379. The van der Waals surface area contributed by atoms with Crippen LogP contribution in [0, 0.1) is 17.5 Å². The third-order valence-corrected chi connectivity index (χ3v) is 4.58. The molecule has 2 aromatic carbocycles. The zero-order chi connectivity index (χ0) is 19.4. The van der Waals surface area contributed by atoms with Crippen LogP contribution >= 0.6 is 11.8 Å². The molecule has 3 rings (SSSR count). The Hall–Kier alpha value is -2.81. The number of anilines is 1. The number of fused-ring (bicyclic) bond motifs is 1. The third kappa shape index (κ3) is 4.88. The van der Waals surface area contributed by atoms with Gasteiger partial charge in [-0.25, -0.2) is 18.2 Å². The largest absolute Gasteiger partial charge is 0.326 e. The Labute approximate surface area is 156 Å². The number of hydrogen-bond acceptors (Lipinski definition) is 4. The normalized spacial score (nSPS) is 10.9. The van der Waals surface area contributed by atoms with E-state index in [0.717, 1.165) is 6.07 Å². The molecule has 27 heavy (non-hydrogen) atoms. The van der Waals surface area contributed by atoms with E-state index in [1.807, 2.05) is 0 Å². The van der Waals surface area contributed by atoms with Gasteiger partial charge in [0.25, 0.3) is 5.56 Å². The van der Waals surface area contributed by atoms with Crippen molar-refractivity contribution in [1.82, 2.24) is 9.97 Å². The van der Waals surface area contributed by atoms with Gasteiger partial charge in [0, 0.05) is 30.0 Å². The van der Waals surface area contributed by atoms with Gasteiger partial charge in [-0.15, -0.1) is 0 Å². The Bertz CT molecular complexity index is 1040. The number of hydrogen-bond donors (Lipinski definition) is 2. The molecule has 1 aromatic heterocycles. The van der Waals surface area contributed by atoms with E-state index in [0.29, 0.717) is 23.9 Å². The van der Waals surface area contributed by atoms with E-state index in [2.05, 4.69) is 15.3 Å². The molecule has 3 aromatic rings. The van der Waals surface area contributed by atoms with Crippen LogP contribution < -0.4 is 10.9 Å². The minimum absolute atomic E-state index is 0.0622. The van der Waals surface area contributed by atoms with E-state index in [9.17, 15) is 22.8 Å². The Morgan fingerprint density at radius 2 is 1.85 bits per heavy atom. The molecular formula is C18H14F3N3O2S. The molecule has 0 aliphatic carbocycles. The third-order valence-electron chi connectivity index (χ3n) is 3.62. The van der Waals surface area contributed by atoms with E-state index in [1.54, 1.807) is 0 Å². The molecule has 0 bridgehead atoms. The average Bonchev–Trinajstić information content (AvgIpc) is 2.60. The molecule has 0 spiro atoms. The number of benzene rings is 2. The number of carbonyl (C=O) groups is 1. The summed E-state index contributed by atoms with van der Waals surface area (Å²) < 4.78 is 39.8. The molecule has 0 aliphatic rings. The predicted molar refractivity (Wildman–Crippen MR) is 97.3 cm³/mol. The van der Waals surface area contributed by atoms with Crippen molar-refractivity contribution in [2.45, 2.75) is 18.0 Å². The van der Waals surface area contributed by atoms with Gasteiger partial charge >= 0.3 is 0 Å². The molecule has 1 amide bonds. The van der Waals surface area contributed by atoms with Crippen molar-refractivity contribution in [3.05, 3.63) is 64.2 Å². The summed E-state index contributed by atoms with van der Waals surface area (Å²) >= 11 is 1.17. The van der Waals surface area contributed by atoms with Gasteiger partial charge in [-0.2, -0.15) is 0 Å². The summed E-state index contributed by atoms with van der Waals surface area (Å²) in [7, 11) is 0. The summed E-state index contributed by atoms with van der Waals surface area (Å²) in [5.74, 6) is -1.94. The second kappa shape index (κ2) is 8.26. The Kier molecular flexibility index (Phi) is 5.80. The first-order valence-corrected chi connectivity index (χ1v) is 8.98. The fourth-order valence-electron chi connectivity index (χ4n) is 2.40. The van der Waals surface area contributed by atoms with Crippen LogP contribution in [0.1, 0.15) is 12.8 Å². The molecule has 0 atom stereocenters. The van der Waals surface area contributed by atoms with Crippen molar-refractivity contribution in [3.63, 3.8) is 0 Å². The molecule has 9 heteroatoms. The molecular weight excluding hydrogens is 379 g/mol. The molecule has 0 saturated carbocycles. The number of amides is 1. The van der Waals surface area contributed by atoms with Crippen molar-refractivity contribution in [2.24, 2.45) is 0 Å². The predicted octanol–water partition coefficient (Wildman–Crippen LogP) is 3.85. The lowest BCUT2D eigenvalue weighted by Gasteiger charge is -2.06. The number of H-pyrrole nitrogens is 1. The number of nitrogens with zero attached hydrogens (tertiary/aromatic N) is 1. The smallest absolute Gasteiger partial charge is 0.262 e. The van der Waals surface area contributed by atoms with Gasteiger partial charge in [0.15, 0.2) is 5.16 Å². The molecule has 0 radical (unpaired) electrons. The summed E-state index contributed by atoms with van der Waals surface area (Å²) in [5, 5.41) is 2.57. The highest BCUT2D eigenvalue weighted by molar-refractivity contribution is 7.99. The highest BCUT2D eigenvalue weighted by atomic mass is 32.2. The molecule has 5 nitrogen and oxygen atoms in total. The zero-order valence-corrected chi connectivity index (χ0v) is 14.7. The van der Waals surface area contributed by atoms with Crippen LogP contribution in [-0.2, 0) is 4.79 Å². The minimum Gasteiger partial charge on any atom is -0.326 e. The topological polar surface area (TPSA) is 74.8 Å². The van der Waals surface area contributed by atoms with Crippen LogP contribution in [0.3, 0.4) is 0 Å². The summed E-state index contributed by atoms with van der Waals surface area (Å²) in [6, 6.07) is 7.05. The van der Waals surface area contributed by atoms with Crippen LogP contribution in [0.2, 0.25) is 0 Å². The van der Waals surface area contributed by atoms with Gasteiger partial charge in [0.05, 0.1) is 5.52 Å². The number of rotatable bonds is 6. The maximum absolute atomic E-state index is 13.7. The monoisotopic (exact) mass is 393 g/mol. The summed E-state index contributed by atoms with van der Waals surface area (Å²) in [6.45, 7) is 0. The minimum atomic E-state index is -0.965. The van der Waals surface area contributed by atoms with Crippen LogP contribution in [0.5, 0.6) is 0 Å². The first kappa shape index (κ1) is 19.0. The van der Waals surface area contributed by atoms with Crippen molar-refractivity contribution >= 4 is 34.3 Å². The van der Waals surface area contributed by atoms with Gasteiger partial charge in [-0.1, -0.05) is 11.8 Å². The van der Waals surface area contributed by atoms with Gasteiger partial charge in [-0.3, -0.25) is 9.59 Å². The van der Waals surface area contributed by atoms with Crippen LogP contribution in [0.25, 0.3) is 10.9 Å². The number of halogens is 3. The van der Waals surface area contributed by atoms with E-state index < -0.39 is 17.2 Å². The average molecular weight is 393 g/mol. The van der Waals surface area contributed by atoms with Crippen molar-refractivity contribution in [3.8, 4) is 0 Å². The number of aromatic nitrogens is 2. The fourth-order valence-corrected chi connectivity index (χ4v) is 3.21. The molecule has 2 N–H and O–H groups in total. The highest BCUT2D eigenvalue weighted by Gasteiger charge is 2.11. The van der Waals surface area contributed by atoms with E-state index >= 15 is 0 Å². The second-order valence-corrected chi connectivity index (χ2v) is 6.74. The number of thioether (sulfide) groups is 1. The zero-order valence-electron chi connectivity index (χ0n) is 13.9. The summed E-state index contributed by atoms with van der Waals surface area (Å²) in [4.78, 5) is 30.3. The van der Waals surface area contributed by atoms with Gasteiger partial charge in [0.1, 0.15) is 22.8 Å². The maximum atomic E-state index is 13.7. The first-order valence-electron chi connectivity index (χ1n) is 7.99. The van der Waals surface area contributed by atoms with Crippen LogP contribution in [0.15, 0.2) is 46.3 Å². The Morgan fingerprint density at radius 1 is 1.11 bits per heavy atom. The van der Waals surface area contributed by atoms with Crippen molar-refractivity contribution < 1.29 is 18.0 Å². The lowest BCUT2D eigenvalue weighted by molar-refractivity contribution is -0.116. The molecule has 0 fully saturated rings. The first-order chi connectivity index (χ1) is 12.9. The molecule has 0 unspecified atom stereocenters. The van der Waals surface area contributed by atoms with Crippen molar-refractivity contribution in [2.75, 3.05) is 11.1 Å². The van der Waals surface area contributed by atoms with E-state index in [-0.39, 0.29) is 34.2 Å². The van der Waals surface area contributed by atoms with E-state index in [1.165, 1.54) is 36.0 Å². The number of nitrogens with one attached hydrogen (secondary N) is 2. The lowest BCUT2D eigenvalue weighted by Crippen LogP contribution is -2.12. The Morgan fingerprint density at radius 3 is 2.59 bits per heavy atom. The maximum Gasteiger partial charge on any atom is 0.262 e. The van der Waals surface area contributed by atoms with Gasteiger partial charge < -0.3 is 10.3 Å². The van der Waals surface area contributed by atoms with E-state index in [4.69, 9.17) is 0 Å². The molecule has 1 heterocycles. The fraction of sp³-hybridized carbons (Fsp3) is 0.167. The lowest BCUT2D eigenvalue weighted by atomic mass is 10.2. The second-order valence-electron chi connectivity index (χ2n) is 5.66. The van der Waals surface area contributed by atoms with Gasteiger partial charge in [-0.05, 0) is 30.7 Å². The number of carbonyl (C=O) groups excluding carboxylic acids is 1.